The molecule has 1 aromatic carbocycles. The molecule has 98 valence electrons. The zero-order valence-electron chi connectivity index (χ0n) is 10.8. The molecule has 0 bridgehead atoms. The number of hydrogen-bond acceptors (Lipinski definition) is 5. The predicted molar refractivity (Wildman–Crippen MR) is 71.3 cm³/mol. The van der Waals surface area contributed by atoms with Crippen molar-refractivity contribution in [3.05, 3.63) is 36.2 Å². The molecular weight excluding hydrogens is 242 g/mol. The normalized spacial score (nSPS) is 13.3. The molecule has 0 unspecified atom stereocenters. The number of nitrogens with two attached hydrogens (primary N) is 1. The van der Waals surface area contributed by atoms with E-state index >= 15 is 0 Å². The van der Waals surface area contributed by atoms with Crippen molar-refractivity contribution >= 4 is 11.0 Å². The Morgan fingerprint density at radius 1 is 1.21 bits per heavy atom. The highest BCUT2D eigenvalue weighted by Gasteiger charge is 2.20. The first-order valence-electron chi connectivity index (χ1n) is 6.23. The number of fused-ring (bicyclic) bond motifs is 1. The van der Waals surface area contributed by atoms with Crippen LogP contribution in [-0.2, 0) is 0 Å². The molecule has 3 aromatic rings. The molecule has 5 heteroatoms. The number of para-hydroxylation sites is 1. The van der Waals surface area contributed by atoms with Crippen molar-refractivity contribution in [2.45, 2.75) is 19.9 Å². The molecule has 0 saturated carbocycles. The van der Waals surface area contributed by atoms with Crippen LogP contribution in [-0.4, -0.2) is 10.1 Å². The first-order valence-corrected chi connectivity index (χ1v) is 6.23. The highest BCUT2D eigenvalue weighted by atomic mass is 16.5. The van der Waals surface area contributed by atoms with Crippen molar-refractivity contribution < 1.29 is 8.94 Å². The molecule has 19 heavy (non-hydrogen) atoms. The van der Waals surface area contributed by atoms with Crippen LogP contribution in [0.3, 0.4) is 0 Å². The quantitative estimate of drug-likeness (QED) is 0.779. The number of rotatable bonds is 3. The van der Waals surface area contributed by atoms with Crippen molar-refractivity contribution in [3.63, 3.8) is 0 Å². The van der Waals surface area contributed by atoms with Gasteiger partial charge in [-0.25, -0.2) is 0 Å². The second-order valence-electron chi connectivity index (χ2n) is 4.87. The van der Waals surface area contributed by atoms with Gasteiger partial charge in [-0.05, 0) is 18.1 Å². The third-order valence-electron chi connectivity index (χ3n) is 3.09. The standard InChI is InChI=1S/C14H15N3O2/c1-8(2)12(15)14-16-13(17-19-14)11-7-9-5-3-4-6-10(9)18-11/h3-8,12H,15H2,1-2H3/t12-/m0/s1. The Morgan fingerprint density at radius 3 is 2.74 bits per heavy atom. The van der Waals surface area contributed by atoms with Gasteiger partial charge in [0.25, 0.3) is 0 Å². The summed E-state index contributed by atoms with van der Waals surface area (Å²) in [6.07, 6.45) is 0. The number of furan rings is 1. The average molecular weight is 257 g/mol. The molecule has 0 amide bonds. The lowest BCUT2D eigenvalue weighted by molar-refractivity contribution is 0.324. The highest BCUT2D eigenvalue weighted by molar-refractivity contribution is 5.81. The van der Waals surface area contributed by atoms with E-state index in [2.05, 4.69) is 10.1 Å². The highest BCUT2D eigenvalue weighted by Crippen LogP contribution is 2.27. The summed E-state index contributed by atoms with van der Waals surface area (Å²) >= 11 is 0. The van der Waals surface area contributed by atoms with Gasteiger partial charge in [-0.1, -0.05) is 37.2 Å². The summed E-state index contributed by atoms with van der Waals surface area (Å²) in [4.78, 5) is 4.30. The van der Waals surface area contributed by atoms with Crippen molar-refractivity contribution in [1.82, 2.24) is 10.1 Å². The van der Waals surface area contributed by atoms with Gasteiger partial charge in [-0.2, -0.15) is 4.98 Å². The average Bonchev–Trinajstić information content (AvgIpc) is 3.03. The van der Waals surface area contributed by atoms with Crippen LogP contribution >= 0.6 is 0 Å². The Balaban J connectivity index is 1.98. The Kier molecular flexibility index (Phi) is 2.83. The lowest BCUT2D eigenvalue weighted by Gasteiger charge is -2.08. The van der Waals surface area contributed by atoms with E-state index in [9.17, 15) is 0 Å². The van der Waals surface area contributed by atoms with E-state index in [0.29, 0.717) is 17.5 Å². The summed E-state index contributed by atoms with van der Waals surface area (Å²) in [5, 5.41) is 4.94. The lowest BCUT2D eigenvalue weighted by Crippen LogP contribution is -2.16. The van der Waals surface area contributed by atoms with E-state index in [1.807, 2.05) is 44.2 Å². The van der Waals surface area contributed by atoms with Gasteiger partial charge in [-0.3, -0.25) is 0 Å². The second kappa shape index (κ2) is 4.51. The number of benzene rings is 1. The fourth-order valence-electron chi connectivity index (χ4n) is 1.85. The van der Waals surface area contributed by atoms with Crippen molar-refractivity contribution in [3.8, 4) is 11.6 Å². The fraction of sp³-hybridized carbons (Fsp3) is 0.286. The van der Waals surface area contributed by atoms with Gasteiger partial charge in [0, 0.05) is 5.39 Å². The zero-order chi connectivity index (χ0) is 13.4. The van der Waals surface area contributed by atoms with Crippen LogP contribution in [0.5, 0.6) is 0 Å². The maximum atomic E-state index is 5.98. The molecule has 2 N–H and O–H groups in total. The van der Waals surface area contributed by atoms with Gasteiger partial charge in [0.2, 0.25) is 11.7 Å². The minimum Gasteiger partial charge on any atom is -0.453 e. The Bertz CT molecular complexity index is 666. The van der Waals surface area contributed by atoms with Crippen LogP contribution < -0.4 is 5.73 Å². The van der Waals surface area contributed by atoms with Crippen molar-refractivity contribution in [2.24, 2.45) is 11.7 Å². The van der Waals surface area contributed by atoms with E-state index in [4.69, 9.17) is 14.7 Å². The molecule has 0 aliphatic carbocycles. The Labute approximate surface area is 110 Å². The smallest absolute Gasteiger partial charge is 0.244 e. The minimum absolute atomic E-state index is 0.240. The maximum absolute atomic E-state index is 5.98. The molecule has 2 heterocycles. The van der Waals surface area contributed by atoms with Crippen LogP contribution in [0.25, 0.3) is 22.6 Å². The van der Waals surface area contributed by atoms with Gasteiger partial charge < -0.3 is 14.7 Å². The van der Waals surface area contributed by atoms with Crippen LogP contribution in [0.4, 0.5) is 0 Å². The Hall–Kier alpha value is -2.14. The van der Waals surface area contributed by atoms with E-state index in [1.165, 1.54) is 0 Å². The monoisotopic (exact) mass is 257 g/mol. The molecule has 3 rings (SSSR count). The van der Waals surface area contributed by atoms with Gasteiger partial charge in [0.15, 0.2) is 5.76 Å². The molecule has 0 radical (unpaired) electrons. The topological polar surface area (TPSA) is 78.1 Å². The molecule has 0 spiro atoms. The molecule has 0 fully saturated rings. The third kappa shape index (κ3) is 2.13. The first kappa shape index (κ1) is 11.9. The number of nitrogens with zero attached hydrogens (tertiary/aromatic N) is 2. The van der Waals surface area contributed by atoms with Crippen molar-refractivity contribution in [1.29, 1.82) is 0 Å². The van der Waals surface area contributed by atoms with E-state index in [1.54, 1.807) is 0 Å². The van der Waals surface area contributed by atoms with Gasteiger partial charge in [0.05, 0.1) is 6.04 Å². The maximum Gasteiger partial charge on any atom is 0.244 e. The molecule has 0 aliphatic rings. The molecule has 0 aliphatic heterocycles. The van der Waals surface area contributed by atoms with Crippen LogP contribution in [0.2, 0.25) is 0 Å². The van der Waals surface area contributed by atoms with Crippen LogP contribution in [0.15, 0.2) is 39.3 Å². The molecule has 1 atom stereocenters. The number of hydrogen-bond donors (Lipinski definition) is 1. The van der Waals surface area contributed by atoms with Gasteiger partial charge in [-0.15, -0.1) is 0 Å². The predicted octanol–water partition coefficient (Wildman–Crippen LogP) is 3.14. The Morgan fingerprint density at radius 2 is 2.00 bits per heavy atom. The molecule has 5 nitrogen and oxygen atoms in total. The summed E-state index contributed by atoms with van der Waals surface area (Å²) in [6.45, 7) is 4.02. The fourth-order valence-corrected chi connectivity index (χ4v) is 1.85. The lowest BCUT2D eigenvalue weighted by atomic mass is 10.1. The van der Waals surface area contributed by atoms with Crippen LogP contribution in [0, 0.1) is 5.92 Å². The molecule has 2 aromatic heterocycles. The summed E-state index contributed by atoms with van der Waals surface area (Å²) in [5.41, 5.74) is 6.78. The third-order valence-corrected chi connectivity index (χ3v) is 3.09. The van der Waals surface area contributed by atoms with Gasteiger partial charge in [0.1, 0.15) is 5.58 Å². The van der Waals surface area contributed by atoms with Gasteiger partial charge >= 0.3 is 0 Å². The largest absolute Gasteiger partial charge is 0.453 e. The van der Waals surface area contributed by atoms with E-state index in [0.717, 1.165) is 11.0 Å². The zero-order valence-corrected chi connectivity index (χ0v) is 10.8. The second-order valence-corrected chi connectivity index (χ2v) is 4.87. The first-order chi connectivity index (χ1) is 9.15. The van der Waals surface area contributed by atoms with E-state index in [-0.39, 0.29) is 12.0 Å². The summed E-state index contributed by atoms with van der Waals surface area (Å²) in [6, 6.07) is 9.39. The van der Waals surface area contributed by atoms with Crippen LogP contribution in [0.1, 0.15) is 25.8 Å². The SMILES string of the molecule is CC(C)[C@H](N)c1nc(-c2cc3ccccc3o2)no1. The molecule has 0 saturated heterocycles. The van der Waals surface area contributed by atoms with E-state index < -0.39 is 0 Å². The minimum atomic E-state index is -0.259. The van der Waals surface area contributed by atoms with Crippen molar-refractivity contribution in [2.75, 3.05) is 0 Å². The number of aromatic nitrogens is 2. The summed E-state index contributed by atoms with van der Waals surface area (Å²) in [5.74, 6) is 1.70. The molecular formula is C14H15N3O2. The summed E-state index contributed by atoms with van der Waals surface area (Å²) in [7, 11) is 0. The summed E-state index contributed by atoms with van der Waals surface area (Å²) < 4.78 is 10.9.